The van der Waals surface area contributed by atoms with Crippen molar-refractivity contribution in [1.82, 2.24) is 0 Å². The first kappa shape index (κ1) is 13.1. The Morgan fingerprint density at radius 2 is 1.41 bits per heavy atom. The van der Waals surface area contributed by atoms with Crippen molar-refractivity contribution in [2.45, 2.75) is 18.8 Å². The van der Waals surface area contributed by atoms with Crippen LogP contribution in [0.2, 0.25) is 0 Å². The molecule has 0 saturated heterocycles. The van der Waals surface area contributed by atoms with Crippen molar-refractivity contribution < 1.29 is 0 Å². The molecule has 108 valence electrons. The van der Waals surface area contributed by atoms with Crippen LogP contribution in [0.3, 0.4) is 0 Å². The van der Waals surface area contributed by atoms with E-state index in [1.165, 1.54) is 28.1 Å². The highest BCUT2D eigenvalue weighted by molar-refractivity contribution is 5.69. The molecule has 0 bridgehead atoms. The summed E-state index contributed by atoms with van der Waals surface area (Å²) in [6.45, 7) is 0. The van der Waals surface area contributed by atoms with Gasteiger partial charge in [0.2, 0.25) is 0 Å². The van der Waals surface area contributed by atoms with Gasteiger partial charge in [-0.1, -0.05) is 66.7 Å². The number of hydrogen-bond acceptors (Lipinski definition) is 1. The lowest BCUT2D eigenvalue weighted by Gasteiger charge is -2.17. The van der Waals surface area contributed by atoms with Gasteiger partial charge < -0.3 is 5.32 Å². The van der Waals surface area contributed by atoms with E-state index < -0.39 is 0 Å². The molecule has 0 amide bonds. The van der Waals surface area contributed by atoms with Gasteiger partial charge in [0.15, 0.2) is 0 Å². The maximum Gasteiger partial charge on any atom is 0.0419 e. The van der Waals surface area contributed by atoms with E-state index in [0.29, 0.717) is 5.92 Å². The Hall–Kier alpha value is -2.54. The van der Waals surface area contributed by atoms with E-state index in [9.17, 15) is 0 Å². The Morgan fingerprint density at radius 3 is 2.27 bits per heavy atom. The Kier molecular flexibility index (Phi) is 3.40. The summed E-state index contributed by atoms with van der Waals surface area (Å²) in [6.07, 6.45) is 2.16. The summed E-state index contributed by atoms with van der Waals surface area (Å²) in [4.78, 5) is 0. The van der Waals surface area contributed by atoms with Crippen LogP contribution in [-0.4, -0.2) is 0 Å². The van der Waals surface area contributed by atoms with E-state index in [4.69, 9.17) is 0 Å². The topological polar surface area (TPSA) is 12.0 Å². The second-order valence-electron chi connectivity index (χ2n) is 5.96. The van der Waals surface area contributed by atoms with Crippen molar-refractivity contribution >= 4 is 11.4 Å². The maximum atomic E-state index is 3.62. The van der Waals surface area contributed by atoms with Crippen LogP contribution >= 0.6 is 0 Å². The molecule has 0 fully saturated rings. The lowest BCUT2D eigenvalue weighted by atomic mass is 9.86. The number of fused-ring (bicyclic) bond motifs is 2. The van der Waals surface area contributed by atoms with Gasteiger partial charge in [0, 0.05) is 11.4 Å². The fourth-order valence-electron chi connectivity index (χ4n) is 3.39. The van der Waals surface area contributed by atoms with Crippen molar-refractivity contribution in [3.05, 3.63) is 95.6 Å². The van der Waals surface area contributed by atoms with E-state index in [2.05, 4.69) is 84.2 Å². The third-order valence-corrected chi connectivity index (χ3v) is 4.48. The van der Waals surface area contributed by atoms with E-state index in [1.54, 1.807) is 0 Å². The predicted molar refractivity (Wildman–Crippen MR) is 92.8 cm³/mol. The quantitative estimate of drug-likeness (QED) is 0.672. The zero-order valence-corrected chi connectivity index (χ0v) is 12.5. The highest BCUT2D eigenvalue weighted by atomic mass is 14.9. The molecule has 3 aromatic rings. The van der Waals surface area contributed by atoms with Crippen molar-refractivity contribution in [1.29, 1.82) is 0 Å². The molecule has 4 rings (SSSR count). The van der Waals surface area contributed by atoms with Crippen molar-refractivity contribution in [2.24, 2.45) is 0 Å². The minimum absolute atomic E-state index is 0.509. The smallest absolute Gasteiger partial charge is 0.0419 e. The van der Waals surface area contributed by atoms with E-state index in [-0.39, 0.29) is 0 Å². The number of anilines is 2. The second kappa shape index (κ2) is 5.69. The van der Waals surface area contributed by atoms with Gasteiger partial charge in [-0.05, 0) is 47.6 Å². The van der Waals surface area contributed by atoms with Crippen LogP contribution in [0.5, 0.6) is 0 Å². The molecule has 1 aliphatic rings. The summed E-state index contributed by atoms with van der Waals surface area (Å²) in [6, 6.07) is 28.2. The lowest BCUT2D eigenvalue weighted by molar-refractivity contribution is 0.687. The monoisotopic (exact) mass is 285 g/mol. The molecule has 1 heterocycles. The Labute approximate surface area is 131 Å². The summed E-state index contributed by atoms with van der Waals surface area (Å²) in [7, 11) is 0. The fraction of sp³-hybridized carbons (Fsp3) is 0.143. The highest BCUT2D eigenvalue weighted by Gasteiger charge is 2.21. The van der Waals surface area contributed by atoms with Crippen molar-refractivity contribution in [3.8, 4) is 0 Å². The number of para-hydroxylation sites is 2. The molecule has 0 radical (unpaired) electrons. The molecule has 1 N–H and O–H groups in total. The standard InChI is InChI=1S/C21H19N/c1-2-8-16(9-3-1)14-18-15-17-10-4-6-12-20(17)22-21-13-7-5-11-19(18)21/h1-13,18,22H,14-15H2. The van der Waals surface area contributed by atoms with Gasteiger partial charge in [0.1, 0.15) is 0 Å². The average molecular weight is 285 g/mol. The van der Waals surface area contributed by atoms with Crippen LogP contribution in [0, 0.1) is 0 Å². The minimum Gasteiger partial charge on any atom is -0.355 e. The first-order valence-corrected chi connectivity index (χ1v) is 7.88. The molecule has 1 atom stereocenters. The Balaban J connectivity index is 1.76. The molecule has 1 aliphatic heterocycles. The number of benzene rings is 3. The summed E-state index contributed by atoms with van der Waals surface area (Å²) in [5.74, 6) is 0.509. The van der Waals surface area contributed by atoms with Crippen LogP contribution in [0.25, 0.3) is 0 Å². The summed E-state index contributed by atoms with van der Waals surface area (Å²) >= 11 is 0. The molecule has 22 heavy (non-hydrogen) atoms. The zero-order chi connectivity index (χ0) is 14.8. The number of hydrogen-bond donors (Lipinski definition) is 1. The van der Waals surface area contributed by atoms with Crippen LogP contribution in [0.4, 0.5) is 11.4 Å². The molecule has 3 aromatic carbocycles. The number of nitrogens with one attached hydrogen (secondary N) is 1. The molecule has 1 nitrogen and oxygen atoms in total. The Morgan fingerprint density at radius 1 is 0.727 bits per heavy atom. The van der Waals surface area contributed by atoms with E-state index >= 15 is 0 Å². The summed E-state index contributed by atoms with van der Waals surface area (Å²) in [5.41, 5.74) is 6.71. The number of rotatable bonds is 2. The van der Waals surface area contributed by atoms with Crippen LogP contribution in [0.15, 0.2) is 78.9 Å². The SMILES string of the molecule is c1ccc(CC2Cc3ccccc3Nc3ccccc32)cc1. The summed E-state index contributed by atoms with van der Waals surface area (Å²) in [5, 5.41) is 3.62. The molecule has 1 heteroatoms. The molecule has 0 saturated carbocycles. The molecule has 0 aliphatic carbocycles. The second-order valence-corrected chi connectivity index (χ2v) is 5.96. The van der Waals surface area contributed by atoms with Gasteiger partial charge in [0.25, 0.3) is 0 Å². The molecule has 0 aromatic heterocycles. The van der Waals surface area contributed by atoms with Gasteiger partial charge in [-0.15, -0.1) is 0 Å². The first-order valence-electron chi connectivity index (χ1n) is 7.88. The van der Waals surface area contributed by atoms with E-state index in [1.807, 2.05) is 0 Å². The average Bonchev–Trinajstić information content (AvgIpc) is 2.72. The minimum atomic E-state index is 0.509. The maximum absolute atomic E-state index is 3.62. The molecular weight excluding hydrogens is 266 g/mol. The normalized spacial score (nSPS) is 16.1. The lowest BCUT2D eigenvalue weighted by Crippen LogP contribution is -2.06. The summed E-state index contributed by atoms with van der Waals surface area (Å²) < 4.78 is 0. The van der Waals surface area contributed by atoms with Gasteiger partial charge in [-0.3, -0.25) is 0 Å². The highest BCUT2D eigenvalue weighted by Crippen LogP contribution is 2.37. The van der Waals surface area contributed by atoms with Crippen LogP contribution < -0.4 is 5.32 Å². The zero-order valence-electron chi connectivity index (χ0n) is 12.5. The van der Waals surface area contributed by atoms with Crippen LogP contribution in [-0.2, 0) is 12.8 Å². The van der Waals surface area contributed by atoms with Gasteiger partial charge in [-0.2, -0.15) is 0 Å². The molecular formula is C21H19N. The van der Waals surface area contributed by atoms with Gasteiger partial charge in [0.05, 0.1) is 0 Å². The third kappa shape index (κ3) is 2.50. The third-order valence-electron chi connectivity index (χ3n) is 4.48. The predicted octanol–water partition coefficient (Wildman–Crippen LogP) is 5.31. The van der Waals surface area contributed by atoms with Gasteiger partial charge in [-0.25, -0.2) is 0 Å². The fourth-order valence-corrected chi connectivity index (χ4v) is 3.39. The first-order chi connectivity index (χ1) is 10.9. The largest absolute Gasteiger partial charge is 0.355 e. The van der Waals surface area contributed by atoms with Gasteiger partial charge >= 0.3 is 0 Å². The van der Waals surface area contributed by atoms with Crippen molar-refractivity contribution in [3.63, 3.8) is 0 Å². The molecule has 1 unspecified atom stereocenters. The van der Waals surface area contributed by atoms with Crippen molar-refractivity contribution in [2.75, 3.05) is 5.32 Å². The van der Waals surface area contributed by atoms with E-state index in [0.717, 1.165) is 12.8 Å². The Bertz CT molecular complexity index is 777. The van der Waals surface area contributed by atoms with Crippen LogP contribution in [0.1, 0.15) is 22.6 Å². The molecule has 0 spiro atoms.